The van der Waals surface area contributed by atoms with E-state index in [-0.39, 0.29) is 18.0 Å². The molecular weight excluding hydrogens is 378 g/mol. The van der Waals surface area contributed by atoms with Gasteiger partial charge in [-0.25, -0.2) is 0 Å². The largest absolute Gasteiger partial charge is 0.494 e. The van der Waals surface area contributed by atoms with Crippen LogP contribution in [0.2, 0.25) is 0 Å². The summed E-state index contributed by atoms with van der Waals surface area (Å²) in [6.45, 7) is 12.1. The third kappa shape index (κ3) is 6.15. The van der Waals surface area contributed by atoms with Crippen molar-refractivity contribution in [2.24, 2.45) is 0 Å². The predicted molar refractivity (Wildman–Crippen MR) is 120 cm³/mol. The van der Waals surface area contributed by atoms with Crippen LogP contribution in [0, 0.1) is 0 Å². The van der Waals surface area contributed by atoms with Gasteiger partial charge in [-0.3, -0.25) is 4.79 Å². The van der Waals surface area contributed by atoms with Crippen LogP contribution >= 0.6 is 0 Å². The Morgan fingerprint density at radius 3 is 2.20 bits per heavy atom. The number of hydrogen-bond acceptors (Lipinski definition) is 5. The second-order valence-electron chi connectivity index (χ2n) is 8.83. The highest BCUT2D eigenvalue weighted by Crippen LogP contribution is 2.28. The molecule has 162 valence electrons. The van der Waals surface area contributed by atoms with Crippen LogP contribution in [-0.2, 0) is 9.53 Å². The third-order valence-electron chi connectivity index (χ3n) is 5.01. The third-order valence-corrected chi connectivity index (χ3v) is 5.01. The zero-order chi connectivity index (χ0) is 21.7. The number of anilines is 1. The lowest BCUT2D eigenvalue weighted by molar-refractivity contribution is -0.155. The van der Waals surface area contributed by atoms with Gasteiger partial charge in [-0.1, -0.05) is 19.1 Å². The molecule has 0 aromatic heterocycles. The Hall–Kier alpha value is -2.69. The Morgan fingerprint density at radius 1 is 1.03 bits per heavy atom. The molecule has 2 aromatic carbocycles. The molecule has 5 nitrogen and oxygen atoms in total. The number of hydrogen-bond donors (Lipinski definition) is 0. The fourth-order valence-electron chi connectivity index (χ4n) is 3.46. The average molecular weight is 412 g/mol. The van der Waals surface area contributed by atoms with Crippen molar-refractivity contribution in [3.63, 3.8) is 0 Å². The van der Waals surface area contributed by atoms with E-state index in [4.69, 9.17) is 14.2 Å². The molecule has 1 fully saturated rings. The van der Waals surface area contributed by atoms with Gasteiger partial charge in [0, 0.05) is 5.69 Å². The van der Waals surface area contributed by atoms with Crippen molar-refractivity contribution in [1.82, 2.24) is 0 Å². The highest BCUT2D eigenvalue weighted by atomic mass is 16.6. The van der Waals surface area contributed by atoms with Crippen molar-refractivity contribution in [3.05, 3.63) is 54.1 Å². The number of carbonyl (C=O) groups is 1. The summed E-state index contributed by atoms with van der Waals surface area (Å²) < 4.78 is 17.0. The van der Waals surface area contributed by atoms with Crippen molar-refractivity contribution in [1.29, 1.82) is 0 Å². The Labute approximate surface area is 179 Å². The molecule has 30 heavy (non-hydrogen) atoms. The first-order valence-corrected chi connectivity index (χ1v) is 10.7. The summed E-state index contributed by atoms with van der Waals surface area (Å²) in [6, 6.07) is 16.2. The Morgan fingerprint density at radius 2 is 1.63 bits per heavy atom. The number of carbonyl (C=O) groups excluding carboxylic acids is 1. The molecule has 3 rings (SSSR count). The molecule has 0 radical (unpaired) electrons. The fourth-order valence-corrected chi connectivity index (χ4v) is 3.46. The standard InChI is InChI=1S/C25H33NO4/c1-6-28-21-13-9-20(10-14-21)26-16-23(17-26)29-22-11-7-19(8-12-22)18(2)15-24(27)30-25(3,4)5/h7-14,18,23H,6,15-17H2,1-5H3/t18-/m1/s1. The minimum absolute atomic E-state index is 0.104. The summed E-state index contributed by atoms with van der Waals surface area (Å²) in [5.41, 5.74) is 1.85. The number of rotatable bonds is 8. The predicted octanol–water partition coefficient (Wildman–Crippen LogP) is 5.19. The molecule has 1 aliphatic heterocycles. The molecular formula is C25H33NO4. The number of nitrogens with zero attached hydrogens (tertiary/aromatic N) is 1. The van der Waals surface area contributed by atoms with Gasteiger partial charge in [-0.2, -0.15) is 0 Å². The van der Waals surface area contributed by atoms with E-state index in [0.29, 0.717) is 13.0 Å². The van der Waals surface area contributed by atoms with Gasteiger partial charge in [-0.15, -0.1) is 0 Å². The van der Waals surface area contributed by atoms with E-state index in [1.165, 1.54) is 5.69 Å². The van der Waals surface area contributed by atoms with Crippen LogP contribution in [0.4, 0.5) is 5.69 Å². The van der Waals surface area contributed by atoms with E-state index < -0.39 is 5.60 Å². The topological polar surface area (TPSA) is 48.0 Å². The van der Waals surface area contributed by atoms with Gasteiger partial charge in [0.25, 0.3) is 0 Å². The maximum Gasteiger partial charge on any atom is 0.306 e. The minimum Gasteiger partial charge on any atom is -0.494 e. The first kappa shape index (κ1) is 22.0. The molecule has 0 aliphatic carbocycles. The lowest BCUT2D eigenvalue weighted by Crippen LogP contribution is -2.54. The molecule has 0 amide bonds. The first-order chi connectivity index (χ1) is 14.2. The van der Waals surface area contributed by atoms with Gasteiger partial charge in [0.05, 0.1) is 26.1 Å². The van der Waals surface area contributed by atoms with Gasteiger partial charge in [0.1, 0.15) is 23.2 Å². The van der Waals surface area contributed by atoms with Gasteiger partial charge in [0.15, 0.2) is 0 Å². The normalized spacial score (nSPS) is 15.3. The van der Waals surface area contributed by atoms with E-state index in [2.05, 4.69) is 17.0 Å². The van der Waals surface area contributed by atoms with E-state index in [0.717, 1.165) is 30.2 Å². The monoisotopic (exact) mass is 411 g/mol. The lowest BCUT2D eigenvalue weighted by Gasteiger charge is -2.40. The molecule has 0 spiro atoms. The van der Waals surface area contributed by atoms with Crippen LogP contribution in [0.1, 0.15) is 52.5 Å². The van der Waals surface area contributed by atoms with E-state index in [1.807, 2.05) is 71.0 Å². The van der Waals surface area contributed by atoms with Crippen molar-refractivity contribution < 1.29 is 19.0 Å². The van der Waals surface area contributed by atoms with Gasteiger partial charge >= 0.3 is 5.97 Å². The number of benzene rings is 2. The van der Waals surface area contributed by atoms with Gasteiger partial charge < -0.3 is 19.1 Å². The Bertz CT molecular complexity index is 818. The summed E-state index contributed by atoms with van der Waals surface area (Å²) in [5.74, 6) is 1.70. The zero-order valence-corrected chi connectivity index (χ0v) is 18.7. The Balaban J connectivity index is 1.45. The van der Waals surface area contributed by atoms with Gasteiger partial charge in [0.2, 0.25) is 0 Å². The van der Waals surface area contributed by atoms with Crippen LogP contribution in [0.5, 0.6) is 11.5 Å². The smallest absolute Gasteiger partial charge is 0.306 e. The van der Waals surface area contributed by atoms with E-state index in [1.54, 1.807) is 0 Å². The molecule has 1 saturated heterocycles. The Kier molecular flexibility index (Phi) is 6.91. The highest BCUT2D eigenvalue weighted by Gasteiger charge is 2.28. The zero-order valence-electron chi connectivity index (χ0n) is 18.7. The molecule has 0 unspecified atom stereocenters. The van der Waals surface area contributed by atoms with Crippen molar-refractivity contribution in [2.75, 3.05) is 24.6 Å². The summed E-state index contributed by atoms with van der Waals surface area (Å²) in [5, 5.41) is 0. The second-order valence-corrected chi connectivity index (χ2v) is 8.83. The van der Waals surface area contributed by atoms with E-state index >= 15 is 0 Å². The summed E-state index contributed by atoms with van der Waals surface area (Å²) in [4.78, 5) is 14.3. The minimum atomic E-state index is -0.448. The lowest BCUT2D eigenvalue weighted by atomic mass is 9.97. The molecule has 1 aliphatic rings. The van der Waals surface area contributed by atoms with Crippen LogP contribution in [0.15, 0.2) is 48.5 Å². The van der Waals surface area contributed by atoms with Gasteiger partial charge in [-0.05, 0) is 75.6 Å². The number of esters is 1. The second kappa shape index (κ2) is 9.41. The van der Waals surface area contributed by atoms with Crippen LogP contribution in [0.25, 0.3) is 0 Å². The first-order valence-electron chi connectivity index (χ1n) is 10.7. The molecule has 1 atom stereocenters. The molecule has 5 heteroatoms. The van der Waals surface area contributed by atoms with E-state index in [9.17, 15) is 4.79 Å². The average Bonchev–Trinajstić information content (AvgIpc) is 2.64. The summed E-state index contributed by atoms with van der Waals surface area (Å²) in [7, 11) is 0. The quantitative estimate of drug-likeness (QED) is 0.560. The van der Waals surface area contributed by atoms with Crippen molar-refractivity contribution in [3.8, 4) is 11.5 Å². The molecule has 2 aromatic rings. The SMILES string of the molecule is CCOc1ccc(N2CC(Oc3ccc([C@H](C)CC(=O)OC(C)(C)C)cc3)C2)cc1. The van der Waals surface area contributed by atoms with Crippen LogP contribution in [0.3, 0.4) is 0 Å². The van der Waals surface area contributed by atoms with Crippen molar-refractivity contribution >= 4 is 11.7 Å². The summed E-state index contributed by atoms with van der Waals surface area (Å²) in [6.07, 6.45) is 0.554. The molecule has 0 bridgehead atoms. The summed E-state index contributed by atoms with van der Waals surface area (Å²) >= 11 is 0. The fraction of sp³-hybridized carbons (Fsp3) is 0.480. The maximum atomic E-state index is 12.0. The highest BCUT2D eigenvalue weighted by molar-refractivity contribution is 5.71. The number of ether oxygens (including phenoxy) is 3. The molecule has 0 saturated carbocycles. The van der Waals surface area contributed by atoms with Crippen molar-refractivity contribution in [2.45, 2.75) is 58.7 Å². The molecule has 1 heterocycles. The van der Waals surface area contributed by atoms with Crippen LogP contribution in [-0.4, -0.2) is 37.4 Å². The van der Waals surface area contributed by atoms with Crippen LogP contribution < -0.4 is 14.4 Å². The molecule has 0 N–H and O–H groups in total. The maximum absolute atomic E-state index is 12.0.